The molecular formula is C10H18N2O2S2. The average Bonchev–Trinajstić information content (AvgIpc) is 2.69. The van der Waals surface area contributed by atoms with Crippen LogP contribution in [0, 0.1) is 0 Å². The average molecular weight is 262 g/mol. The van der Waals surface area contributed by atoms with Gasteiger partial charge in [0.05, 0.1) is 5.75 Å². The maximum absolute atomic E-state index is 10.7. The molecule has 0 radical (unpaired) electrons. The van der Waals surface area contributed by atoms with Gasteiger partial charge >= 0.3 is 0 Å². The van der Waals surface area contributed by atoms with Gasteiger partial charge in [-0.3, -0.25) is 0 Å². The standard InChI is InChI=1S/C10H18N2O2S2/c1-2-9(10-5-3-7-15-10)12-6-4-8-16(11,13)14/h3,5,7,9,12H,2,4,6,8H2,1H3,(H2,11,13,14). The molecule has 1 rings (SSSR count). The maximum Gasteiger partial charge on any atom is 0.209 e. The summed E-state index contributed by atoms with van der Waals surface area (Å²) in [6.45, 7) is 2.78. The molecular weight excluding hydrogens is 244 g/mol. The van der Waals surface area contributed by atoms with Crippen LogP contribution in [0.4, 0.5) is 0 Å². The van der Waals surface area contributed by atoms with Crippen molar-refractivity contribution in [2.24, 2.45) is 5.14 Å². The van der Waals surface area contributed by atoms with Gasteiger partial charge in [-0.15, -0.1) is 11.3 Å². The van der Waals surface area contributed by atoms with Crippen molar-refractivity contribution < 1.29 is 8.42 Å². The van der Waals surface area contributed by atoms with E-state index in [0.717, 1.165) is 6.42 Å². The first-order valence-electron chi connectivity index (χ1n) is 5.30. The molecule has 0 spiro atoms. The molecule has 92 valence electrons. The minimum atomic E-state index is -3.32. The second kappa shape index (κ2) is 6.34. The van der Waals surface area contributed by atoms with Crippen molar-refractivity contribution in [3.8, 4) is 0 Å². The molecule has 0 bridgehead atoms. The zero-order valence-corrected chi connectivity index (χ0v) is 11.0. The number of nitrogens with two attached hydrogens (primary N) is 1. The molecule has 1 unspecified atom stereocenters. The van der Waals surface area contributed by atoms with E-state index in [1.165, 1.54) is 4.88 Å². The minimum Gasteiger partial charge on any atom is -0.309 e. The van der Waals surface area contributed by atoms with Crippen LogP contribution in [0.2, 0.25) is 0 Å². The number of sulfonamides is 1. The van der Waals surface area contributed by atoms with Crippen molar-refractivity contribution in [3.63, 3.8) is 0 Å². The van der Waals surface area contributed by atoms with E-state index in [4.69, 9.17) is 5.14 Å². The van der Waals surface area contributed by atoms with Gasteiger partial charge in [0.1, 0.15) is 0 Å². The molecule has 1 heterocycles. The van der Waals surface area contributed by atoms with Gasteiger partial charge in [-0.05, 0) is 30.8 Å². The summed E-state index contributed by atoms with van der Waals surface area (Å²) in [6.07, 6.45) is 1.55. The van der Waals surface area contributed by atoms with E-state index in [9.17, 15) is 8.42 Å². The van der Waals surface area contributed by atoms with Crippen LogP contribution in [0.5, 0.6) is 0 Å². The maximum atomic E-state index is 10.7. The van der Waals surface area contributed by atoms with Gasteiger partial charge < -0.3 is 5.32 Å². The number of nitrogens with one attached hydrogen (secondary N) is 1. The van der Waals surface area contributed by atoms with Crippen LogP contribution < -0.4 is 10.5 Å². The van der Waals surface area contributed by atoms with Crippen LogP contribution in [0.1, 0.15) is 30.7 Å². The van der Waals surface area contributed by atoms with E-state index in [0.29, 0.717) is 19.0 Å². The first-order valence-corrected chi connectivity index (χ1v) is 7.89. The van der Waals surface area contributed by atoms with Gasteiger partial charge in [-0.2, -0.15) is 0 Å². The highest BCUT2D eigenvalue weighted by atomic mass is 32.2. The van der Waals surface area contributed by atoms with Crippen LogP contribution in [0.15, 0.2) is 17.5 Å². The van der Waals surface area contributed by atoms with Crippen molar-refractivity contribution in [1.82, 2.24) is 5.32 Å². The van der Waals surface area contributed by atoms with E-state index in [-0.39, 0.29) is 5.75 Å². The third kappa shape index (κ3) is 5.07. The van der Waals surface area contributed by atoms with Gasteiger partial charge in [-0.25, -0.2) is 13.6 Å². The fraction of sp³-hybridized carbons (Fsp3) is 0.600. The van der Waals surface area contributed by atoms with E-state index in [1.807, 2.05) is 11.4 Å². The molecule has 1 aromatic rings. The SMILES string of the molecule is CCC(NCCCS(N)(=O)=O)c1cccs1. The predicted molar refractivity (Wildman–Crippen MR) is 67.9 cm³/mol. The summed E-state index contributed by atoms with van der Waals surface area (Å²) < 4.78 is 21.5. The van der Waals surface area contributed by atoms with E-state index in [1.54, 1.807) is 11.3 Å². The lowest BCUT2D eigenvalue weighted by Crippen LogP contribution is -2.25. The fourth-order valence-corrected chi connectivity index (χ4v) is 2.92. The molecule has 1 aromatic heterocycles. The quantitative estimate of drug-likeness (QED) is 0.731. The highest BCUT2D eigenvalue weighted by Gasteiger charge is 2.09. The Morgan fingerprint density at radius 1 is 1.56 bits per heavy atom. The van der Waals surface area contributed by atoms with Crippen molar-refractivity contribution in [3.05, 3.63) is 22.4 Å². The molecule has 0 fully saturated rings. The minimum absolute atomic E-state index is 0.0425. The van der Waals surface area contributed by atoms with Gasteiger partial charge in [0.15, 0.2) is 0 Å². The van der Waals surface area contributed by atoms with Crippen molar-refractivity contribution in [2.45, 2.75) is 25.8 Å². The monoisotopic (exact) mass is 262 g/mol. The Hall–Kier alpha value is -0.430. The van der Waals surface area contributed by atoms with E-state index >= 15 is 0 Å². The lowest BCUT2D eigenvalue weighted by atomic mass is 10.2. The number of thiophene rings is 1. The summed E-state index contributed by atoms with van der Waals surface area (Å²) in [5, 5.41) is 10.3. The Morgan fingerprint density at radius 2 is 2.31 bits per heavy atom. The molecule has 6 heteroatoms. The number of rotatable bonds is 7. The summed E-state index contributed by atoms with van der Waals surface area (Å²) in [4.78, 5) is 1.29. The fourth-order valence-electron chi connectivity index (χ4n) is 1.49. The van der Waals surface area contributed by atoms with Crippen LogP contribution in [-0.4, -0.2) is 20.7 Å². The zero-order valence-electron chi connectivity index (χ0n) is 9.35. The molecule has 3 N–H and O–H groups in total. The number of hydrogen-bond acceptors (Lipinski definition) is 4. The Balaban J connectivity index is 2.31. The summed E-state index contributed by atoms with van der Waals surface area (Å²) in [6, 6.07) is 4.43. The van der Waals surface area contributed by atoms with Crippen molar-refractivity contribution in [1.29, 1.82) is 0 Å². The molecule has 0 aliphatic rings. The molecule has 1 atom stereocenters. The van der Waals surface area contributed by atoms with E-state index in [2.05, 4.69) is 18.3 Å². The first kappa shape index (κ1) is 13.6. The third-order valence-corrected chi connectivity index (χ3v) is 4.13. The first-order chi connectivity index (χ1) is 7.53. The number of primary sulfonamides is 1. The van der Waals surface area contributed by atoms with Gasteiger partial charge in [0.25, 0.3) is 0 Å². The zero-order chi connectivity index (χ0) is 12.0. The lowest BCUT2D eigenvalue weighted by Gasteiger charge is -2.14. The highest BCUT2D eigenvalue weighted by Crippen LogP contribution is 2.21. The normalized spacial score (nSPS) is 13.9. The second-order valence-corrected chi connectivity index (χ2v) is 6.36. The second-order valence-electron chi connectivity index (χ2n) is 3.65. The van der Waals surface area contributed by atoms with Crippen molar-refractivity contribution >= 4 is 21.4 Å². The molecule has 0 amide bonds. The number of hydrogen-bond donors (Lipinski definition) is 2. The molecule has 0 aromatic carbocycles. The van der Waals surface area contributed by atoms with Crippen molar-refractivity contribution in [2.75, 3.05) is 12.3 Å². The smallest absolute Gasteiger partial charge is 0.209 e. The van der Waals surface area contributed by atoms with Crippen LogP contribution in [-0.2, 0) is 10.0 Å². The Kier molecular flexibility index (Phi) is 5.40. The topological polar surface area (TPSA) is 72.2 Å². The summed E-state index contributed by atoms with van der Waals surface area (Å²) in [5.41, 5.74) is 0. The summed E-state index contributed by atoms with van der Waals surface area (Å²) in [7, 11) is -3.32. The Bertz CT molecular complexity index is 387. The molecule has 4 nitrogen and oxygen atoms in total. The van der Waals surface area contributed by atoms with Crippen LogP contribution in [0.3, 0.4) is 0 Å². The molecule has 0 saturated heterocycles. The molecule has 0 aliphatic heterocycles. The molecule has 0 saturated carbocycles. The molecule has 16 heavy (non-hydrogen) atoms. The van der Waals surface area contributed by atoms with E-state index < -0.39 is 10.0 Å². The Labute approximate surface area is 101 Å². The Morgan fingerprint density at radius 3 is 2.81 bits per heavy atom. The van der Waals surface area contributed by atoms with Crippen LogP contribution in [0.25, 0.3) is 0 Å². The molecule has 0 aliphatic carbocycles. The third-order valence-electron chi connectivity index (χ3n) is 2.29. The summed E-state index contributed by atoms with van der Waals surface area (Å²) in [5.74, 6) is 0.0425. The lowest BCUT2D eigenvalue weighted by molar-refractivity contribution is 0.523. The van der Waals surface area contributed by atoms with Gasteiger partial charge in [-0.1, -0.05) is 13.0 Å². The van der Waals surface area contributed by atoms with Crippen LogP contribution >= 0.6 is 11.3 Å². The highest BCUT2D eigenvalue weighted by molar-refractivity contribution is 7.89. The predicted octanol–water partition coefficient (Wildman–Crippen LogP) is 1.47. The van der Waals surface area contributed by atoms with Gasteiger partial charge in [0, 0.05) is 10.9 Å². The largest absolute Gasteiger partial charge is 0.309 e. The van der Waals surface area contributed by atoms with Gasteiger partial charge in [0.2, 0.25) is 10.0 Å². The summed E-state index contributed by atoms with van der Waals surface area (Å²) >= 11 is 1.71.